The standard InChI is InChI=1S/C34H36FN7O3/c1-19-30(39-40-32(44)31(19)38-28-10-9-20(15-36-28)21-11-12-41(5)17-21)24-7-6-8-27(25(24)18-43)42-33(45)29-22(16-37-42)13-23(14-26(29)35)34(2,3)4/h6-10,13-16,21,43H,11-12,17-18H2,1-5H3,(H,40,44)(H,36,38,39). The highest BCUT2D eigenvalue weighted by atomic mass is 19.1. The zero-order chi connectivity index (χ0) is 32.0. The van der Waals surface area contributed by atoms with Crippen molar-refractivity contribution in [3.63, 3.8) is 0 Å². The lowest BCUT2D eigenvalue weighted by atomic mass is 9.86. The number of benzene rings is 2. The fourth-order valence-electron chi connectivity index (χ4n) is 6.00. The Balaban J connectivity index is 1.39. The number of aromatic amines is 1. The molecule has 0 aliphatic carbocycles. The van der Waals surface area contributed by atoms with Gasteiger partial charge < -0.3 is 15.3 Å². The molecule has 0 amide bonds. The summed E-state index contributed by atoms with van der Waals surface area (Å²) in [5, 5.41) is 25.2. The van der Waals surface area contributed by atoms with E-state index in [9.17, 15) is 14.7 Å². The van der Waals surface area contributed by atoms with E-state index < -0.39 is 23.5 Å². The topological polar surface area (TPSA) is 129 Å². The van der Waals surface area contributed by atoms with Crippen molar-refractivity contribution < 1.29 is 9.50 Å². The fourth-order valence-corrected chi connectivity index (χ4v) is 6.00. The Morgan fingerprint density at radius 1 is 1.13 bits per heavy atom. The van der Waals surface area contributed by atoms with Crippen molar-refractivity contribution in [2.75, 3.05) is 25.5 Å². The molecule has 3 N–H and O–H groups in total. The quantitative estimate of drug-likeness (QED) is 0.247. The molecule has 2 aromatic carbocycles. The normalized spacial score (nSPS) is 15.6. The van der Waals surface area contributed by atoms with Gasteiger partial charge in [0, 0.05) is 34.8 Å². The predicted molar refractivity (Wildman–Crippen MR) is 173 cm³/mol. The summed E-state index contributed by atoms with van der Waals surface area (Å²) >= 11 is 0. The van der Waals surface area contributed by atoms with Gasteiger partial charge in [-0.25, -0.2) is 14.5 Å². The molecule has 0 saturated carbocycles. The highest BCUT2D eigenvalue weighted by Crippen LogP contribution is 2.32. The van der Waals surface area contributed by atoms with Crippen LogP contribution in [0, 0.1) is 12.7 Å². The van der Waals surface area contributed by atoms with Gasteiger partial charge in [0.15, 0.2) is 0 Å². The second kappa shape index (κ2) is 11.6. The molecule has 0 spiro atoms. The molecule has 4 heterocycles. The minimum absolute atomic E-state index is 0.0874. The lowest BCUT2D eigenvalue weighted by molar-refractivity contribution is 0.281. The van der Waals surface area contributed by atoms with E-state index in [1.165, 1.54) is 12.3 Å². The number of hydrogen-bond donors (Lipinski definition) is 3. The van der Waals surface area contributed by atoms with E-state index in [-0.39, 0.29) is 22.2 Å². The van der Waals surface area contributed by atoms with Gasteiger partial charge in [-0.2, -0.15) is 14.9 Å². The SMILES string of the molecule is Cc1c(-c2cccc(-n3ncc4cc(C(C)(C)C)cc(F)c4c3=O)c2CO)n[nH]c(=O)c1Nc1ccc(C2CCN(C)C2)cn1. The maximum atomic E-state index is 15.3. The molecule has 1 atom stereocenters. The summed E-state index contributed by atoms with van der Waals surface area (Å²) in [5.41, 5.74) is 2.78. The number of aliphatic hydroxyl groups is 1. The molecule has 6 rings (SSSR count). The predicted octanol–water partition coefficient (Wildman–Crippen LogP) is 4.93. The number of nitrogens with one attached hydrogen (secondary N) is 2. The van der Waals surface area contributed by atoms with Gasteiger partial charge in [-0.1, -0.05) is 39.0 Å². The van der Waals surface area contributed by atoms with Crippen LogP contribution in [0.3, 0.4) is 0 Å². The number of hydrogen-bond acceptors (Lipinski definition) is 8. The van der Waals surface area contributed by atoms with Gasteiger partial charge in [-0.05, 0) is 73.7 Å². The van der Waals surface area contributed by atoms with Gasteiger partial charge in [-0.15, -0.1) is 0 Å². The highest BCUT2D eigenvalue weighted by Gasteiger charge is 2.23. The van der Waals surface area contributed by atoms with Crippen LogP contribution in [0.2, 0.25) is 0 Å². The zero-order valence-corrected chi connectivity index (χ0v) is 26.0. The average Bonchev–Trinajstić information content (AvgIpc) is 3.45. The summed E-state index contributed by atoms with van der Waals surface area (Å²) in [6.07, 6.45) is 4.38. The van der Waals surface area contributed by atoms with Gasteiger partial charge in [0.2, 0.25) is 0 Å². The van der Waals surface area contributed by atoms with E-state index in [0.29, 0.717) is 39.5 Å². The van der Waals surface area contributed by atoms with E-state index in [0.717, 1.165) is 35.3 Å². The summed E-state index contributed by atoms with van der Waals surface area (Å²) in [6, 6.07) is 12.1. The number of anilines is 2. The summed E-state index contributed by atoms with van der Waals surface area (Å²) in [6.45, 7) is 9.23. The van der Waals surface area contributed by atoms with Crippen molar-refractivity contribution >= 4 is 22.3 Å². The van der Waals surface area contributed by atoms with Crippen molar-refractivity contribution in [1.82, 2.24) is 29.9 Å². The lowest BCUT2D eigenvalue weighted by Gasteiger charge is -2.20. The van der Waals surface area contributed by atoms with Crippen LogP contribution in [0.25, 0.3) is 27.7 Å². The maximum absolute atomic E-state index is 15.3. The number of halogens is 1. The molecule has 11 heteroatoms. The molecule has 0 radical (unpaired) electrons. The number of likely N-dealkylation sites (N-methyl/N-ethyl adjacent to an activating group) is 1. The highest BCUT2D eigenvalue weighted by molar-refractivity contribution is 5.83. The third kappa shape index (κ3) is 5.65. The van der Waals surface area contributed by atoms with Crippen LogP contribution in [0.4, 0.5) is 15.9 Å². The molecule has 1 unspecified atom stereocenters. The Bertz CT molecular complexity index is 2030. The molecule has 1 fully saturated rings. The van der Waals surface area contributed by atoms with Crippen molar-refractivity contribution in [2.24, 2.45) is 0 Å². The van der Waals surface area contributed by atoms with Crippen molar-refractivity contribution in [1.29, 1.82) is 0 Å². The first-order valence-corrected chi connectivity index (χ1v) is 14.9. The number of pyridine rings is 1. The maximum Gasteiger partial charge on any atom is 0.288 e. The van der Waals surface area contributed by atoms with Crippen LogP contribution < -0.4 is 16.4 Å². The van der Waals surface area contributed by atoms with Gasteiger partial charge in [0.05, 0.1) is 29.6 Å². The minimum Gasteiger partial charge on any atom is -0.392 e. The first kappa shape index (κ1) is 30.3. The number of rotatable bonds is 6. The van der Waals surface area contributed by atoms with Gasteiger partial charge >= 0.3 is 0 Å². The molecule has 0 bridgehead atoms. The monoisotopic (exact) mass is 609 g/mol. The second-order valence-corrected chi connectivity index (χ2v) is 12.7. The number of fused-ring (bicyclic) bond motifs is 1. The van der Waals surface area contributed by atoms with Crippen LogP contribution in [-0.4, -0.2) is 55.1 Å². The van der Waals surface area contributed by atoms with Gasteiger partial charge in [-0.3, -0.25) is 9.59 Å². The fraction of sp³-hybridized carbons (Fsp3) is 0.324. The summed E-state index contributed by atoms with van der Waals surface area (Å²) in [7, 11) is 2.11. The number of H-pyrrole nitrogens is 1. The molecule has 1 saturated heterocycles. The van der Waals surface area contributed by atoms with Crippen LogP contribution in [0.5, 0.6) is 0 Å². The second-order valence-electron chi connectivity index (χ2n) is 12.7. The van der Waals surface area contributed by atoms with E-state index in [1.54, 1.807) is 31.2 Å². The lowest BCUT2D eigenvalue weighted by Crippen LogP contribution is -2.24. The molecule has 1 aliphatic rings. The molecule has 1 aliphatic heterocycles. The van der Waals surface area contributed by atoms with Crippen molar-refractivity contribution in [2.45, 2.75) is 52.1 Å². The van der Waals surface area contributed by atoms with E-state index in [2.05, 4.69) is 37.5 Å². The summed E-state index contributed by atoms with van der Waals surface area (Å²) in [4.78, 5) is 33.4. The molecule has 3 aromatic heterocycles. The first-order valence-electron chi connectivity index (χ1n) is 14.9. The van der Waals surface area contributed by atoms with Gasteiger partial charge in [0.25, 0.3) is 11.1 Å². The summed E-state index contributed by atoms with van der Waals surface area (Å²) < 4.78 is 16.4. The van der Waals surface area contributed by atoms with Crippen molar-refractivity contribution in [3.8, 4) is 16.9 Å². The molecule has 232 valence electrons. The zero-order valence-electron chi connectivity index (χ0n) is 26.0. The molecular formula is C34H36FN7O3. The number of aromatic nitrogens is 5. The van der Waals surface area contributed by atoms with E-state index in [1.807, 2.05) is 39.1 Å². The number of likely N-dealkylation sites (tertiary alicyclic amines) is 1. The van der Waals surface area contributed by atoms with Gasteiger partial charge in [0.1, 0.15) is 17.3 Å². The molecule has 10 nitrogen and oxygen atoms in total. The molecule has 5 aromatic rings. The molecular weight excluding hydrogens is 573 g/mol. The van der Waals surface area contributed by atoms with E-state index >= 15 is 4.39 Å². The Hall–Kier alpha value is -4.74. The largest absolute Gasteiger partial charge is 0.392 e. The summed E-state index contributed by atoms with van der Waals surface area (Å²) in [5.74, 6) is 0.308. The smallest absolute Gasteiger partial charge is 0.288 e. The van der Waals surface area contributed by atoms with E-state index in [4.69, 9.17) is 0 Å². The molecule has 45 heavy (non-hydrogen) atoms. The third-order valence-electron chi connectivity index (χ3n) is 8.63. The Morgan fingerprint density at radius 3 is 2.60 bits per heavy atom. The van der Waals surface area contributed by atoms with Crippen LogP contribution in [0.1, 0.15) is 55.4 Å². The first-order chi connectivity index (χ1) is 21.5. The van der Waals surface area contributed by atoms with Crippen LogP contribution in [-0.2, 0) is 12.0 Å². The van der Waals surface area contributed by atoms with Crippen LogP contribution >= 0.6 is 0 Å². The van der Waals surface area contributed by atoms with Crippen molar-refractivity contribution in [3.05, 3.63) is 104 Å². The average molecular weight is 610 g/mol. The number of aliphatic hydroxyl groups excluding tert-OH is 1. The Labute approximate surface area is 259 Å². The Morgan fingerprint density at radius 2 is 1.93 bits per heavy atom. The number of nitrogens with zero attached hydrogens (tertiary/aromatic N) is 5. The minimum atomic E-state index is -0.649. The van der Waals surface area contributed by atoms with Crippen LogP contribution in [0.15, 0.2) is 64.4 Å². The Kier molecular flexibility index (Phi) is 7.84. The third-order valence-corrected chi connectivity index (χ3v) is 8.63.